The van der Waals surface area contributed by atoms with Crippen LogP contribution in [-0.2, 0) is 6.54 Å². The van der Waals surface area contributed by atoms with Gasteiger partial charge < -0.3 is 5.11 Å². The number of nitriles is 1. The zero-order chi connectivity index (χ0) is 18.4. The molecule has 5 rings (SSSR count). The van der Waals surface area contributed by atoms with Gasteiger partial charge in [-0.3, -0.25) is 4.68 Å². The predicted molar refractivity (Wildman–Crippen MR) is 104 cm³/mol. The first-order chi connectivity index (χ1) is 13.2. The second kappa shape index (κ2) is 7.24. The van der Waals surface area contributed by atoms with Crippen molar-refractivity contribution in [3.8, 4) is 6.07 Å². The van der Waals surface area contributed by atoms with Gasteiger partial charge in [0.25, 0.3) is 0 Å². The van der Waals surface area contributed by atoms with Crippen molar-refractivity contribution in [1.29, 1.82) is 5.26 Å². The molecule has 0 radical (unpaired) electrons. The predicted octanol–water partition coefficient (Wildman–Crippen LogP) is 4.38. The first kappa shape index (κ1) is 17.7. The number of hydrogen-bond acceptors (Lipinski definition) is 3. The minimum absolute atomic E-state index is 0.325. The normalized spacial score (nSPS) is 41.9. The van der Waals surface area contributed by atoms with E-state index in [0.29, 0.717) is 23.9 Å². The van der Waals surface area contributed by atoms with E-state index in [9.17, 15) is 5.11 Å². The standard InChI is InChI=1S/C23H33N3O/c24-11-15-12-25-26(13-15)14-23(27)22-10-9-20-19-6-5-16-3-1-2-4-17(16)18(19)7-8-21(20)22/h12-13,16-23,27H,1-10,14H2/t16?,17?,18?,19?,20-,21?,22-,23?/m0/s1. The summed E-state index contributed by atoms with van der Waals surface area (Å²) in [6.45, 7) is 0.536. The van der Waals surface area contributed by atoms with Crippen molar-refractivity contribution >= 4 is 0 Å². The van der Waals surface area contributed by atoms with Crippen LogP contribution in [-0.4, -0.2) is 21.0 Å². The maximum Gasteiger partial charge on any atom is 0.102 e. The average Bonchev–Trinajstić information content (AvgIpc) is 3.34. The molecule has 4 nitrogen and oxygen atoms in total. The summed E-state index contributed by atoms with van der Waals surface area (Å²) in [5, 5.41) is 24.2. The van der Waals surface area contributed by atoms with Gasteiger partial charge >= 0.3 is 0 Å². The Balaban J connectivity index is 1.26. The molecule has 4 aliphatic rings. The molecule has 4 aliphatic carbocycles. The fourth-order valence-electron chi connectivity index (χ4n) is 7.86. The van der Waals surface area contributed by atoms with Crippen LogP contribution >= 0.6 is 0 Å². The van der Waals surface area contributed by atoms with Gasteiger partial charge in [-0.05, 0) is 86.4 Å². The molecule has 4 heteroatoms. The number of nitrogens with zero attached hydrogens (tertiary/aromatic N) is 3. The van der Waals surface area contributed by atoms with E-state index >= 15 is 0 Å². The third-order valence-electron chi connectivity index (χ3n) is 8.89. The van der Waals surface area contributed by atoms with Gasteiger partial charge in [-0.15, -0.1) is 0 Å². The summed E-state index contributed by atoms with van der Waals surface area (Å²) >= 11 is 0. The van der Waals surface area contributed by atoms with Crippen molar-refractivity contribution in [1.82, 2.24) is 9.78 Å². The number of aliphatic hydroxyl groups is 1. The molecular weight excluding hydrogens is 334 g/mol. The van der Waals surface area contributed by atoms with Gasteiger partial charge in [0.05, 0.1) is 24.4 Å². The molecule has 0 aromatic carbocycles. The molecule has 27 heavy (non-hydrogen) atoms. The second-order valence-electron chi connectivity index (χ2n) is 9.89. The van der Waals surface area contributed by atoms with Gasteiger partial charge in [0.2, 0.25) is 0 Å². The molecule has 4 saturated carbocycles. The minimum Gasteiger partial charge on any atom is -0.391 e. The Labute approximate surface area is 163 Å². The Hall–Kier alpha value is -1.34. The molecule has 1 heterocycles. The summed E-state index contributed by atoms with van der Waals surface area (Å²) < 4.78 is 1.76. The molecule has 4 fully saturated rings. The highest BCUT2D eigenvalue weighted by Crippen LogP contribution is 2.59. The molecule has 1 aromatic rings. The molecule has 0 saturated heterocycles. The number of aromatic nitrogens is 2. The maximum atomic E-state index is 11.0. The monoisotopic (exact) mass is 367 g/mol. The molecule has 0 bridgehead atoms. The largest absolute Gasteiger partial charge is 0.391 e. The highest BCUT2D eigenvalue weighted by Gasteiger charge is 2.52. The van der Waals surface area contributed by atoms with E-state index in [1.165, 1.54) is 64.2 Å². The fourth-order valence-corrected chi connectivity index (χ4v) is 7.86. The van der Waals surface area contributed by atoms with Gasteiger partial charge in [0, 0.05) is 6.20 Å². The van der Waals surface area contributed by atoms with Crippen LogP contribution in [0.25, 0.3) is 0 Å². The number of fused-ring (bicyclic) bond motifs is 5. The lowest BCUT2D eigenvalue weighted by atomic mass is 9.53. The topological polar surface area (TPSA) is 61.8 Å². The van der Waals surface area contributed by atoms with E-state index in [-0.39, 0.29) is 6.10 Å². The minimum atomic E-state index is -0.325. The Morgan fingerprint density at radius 3 is 2.52 bits per heavy atom. The van der Waals surface area contributed by atoms with E-state index in [0.717, 1.165) is 29.6 Å². The molecule has 0 amide bonds. The zero-order valence-electron chi connectivity index (χ0n) is 16.3. The lowest BCUT2D eigenvalue weighted by molar-refractivity contribution is -0.0381. The summed E-state index contributed by atoms with van der Waals surface area (Å²) in [5.74, 6) is 5.99. The molecule has 0 spiro atoms. The van der Waals surface area contributed by atoms with E-state index in [1.807, 2.05) is 0 Å². The van der Waals surface area contributed by atoms with Crippen molar-refractivity contribution in [2.24, 2.45) is 41.4 Å². The van der Waals surface area contributed by atoms with E-state index in [4.69, 9.17) is 5.26 Å². The number of hydrogen-bond donors (Lipinski definition) is 1. The molecule has 146 valence electrons. The van der Waals surface area contributed by atoms with Gasteiger partial charge in [0.15, 0.2) is 0 Å². The highest BCUT2D eigenvalue weighted by atomic mass is 16.3. The summed E-state index contributed by atoms with van der Waals surface area (Å²) in [7, 11) is 0. The van der Waals surface area contributed by atoms with Crippen LogP contribution in [0.15, 0.2) is 12.4 Å². The third kappa shape index (κ3) is 3.12. The van der Waals surface area contributed by atoms with Crippen LogP contribution in [0.5, 0.6) is 0 Å². The molecule has 1 N–H and O–H groups in total. The molecule has 0 aliphatic heterocycles. The SMILES string of the molecule is N#Cc1cnn(CC(O)[C@H]2CC[C@H]3C4CCC5CCCCC5C4CCC23)c1. The fraction of sp³-hybridized carbons (Fsp3) is 0.826. The van der Waals surface area contributed by atoms with E-state index < -0.39 is 0 Å². The quantitative estimate of drug-likeness (QED) is 0.862. The van der Waals surface area contributed by atoms with Crippen LogP contribution in [0.1, 0.15) is 69.8 Å². The highest BCUT2D eigenvalue weighted by molar-refractivity contribution is 5.21. The van der Waals surface area contributed by atoms with Gasteiger partial charge in [-0.1, -0.05) is 19.3 Å². The van der Waals surface area contributed by atoms with Crippen molar-refractivity contribution < 1.29 is 5.11 Å². The van der Waals surface area contributed by atoms with Crippen LogP contribution in [0.2, 0.25) is 0 Å². The third-order valence-corrected chi connectivity index (χ3v) is 8.89. The smallest absolute Gasteiger partial charge is 0.102 e. The molecule has 8 atom stereocenters. The first-order valence-electron chi connectivity index (χ1n) is 11.3. The van der Waals surface area contributed by atoms with Gasteiger partial charge in [-0.2, -0.15) is 10.4 Å². The lowest BCUT2D eigenvalue weighted by Crippen LogP contribution is -2.45. The van der Waals surface area contributed by atoms with Crippen molar-refractivity contribution in [3.63, 3.8) is 0 Å². The summed E-state index contributed by atoms with van der Waals surface area (Å²) in [6, 6.07) is 2.12. The Kier molecular flexibility index (Phi) is 4.76. The van der Waals surface area contributed by atoms with Crippen LogP contribution in [0, 0.1) is 52.8 Å². The van der Waals surface area contributed by atoms with E-state index in [2.05, 4.69) is 11.2 Å². The van der Waals surface area contributed by atoms with Gasteiger partial charge in [0.1, 0.15) is 6.07 Å². The Morgan fingerprint density at radius 1 is 0.963 bits per heavy atom. The first-order valence-corrected chi connectivity index (χ1v) is 11.3. The van der Waals surface area contributed by atoms with Crippen LogP contribution in [0.3, 0.4) is 0 Å². The van der Waals surface area contributed by atoms with Crippen LogP contribution in [0.4, 0.5) is 0 Å². The Morgan fingerprint density at radius 2 is 1.67 bits per heavy atom. The van der Waals surface area contributed by atoms with Gasteiger partial charge in [-0.25, -0.2) is 0 Å². The zero-order valence-corrected chi connectivity index (χ0v) is 16.3. The summed E-state index contributed by atoms with van der Waals surface area (Å²) in [5.41, 5.74) is 0.580. The van der Waals surface area contributed by atoms with Crippen molar-refractivity contribution in [3.05, 3.63) is 18.0 Å². The lowest BCUT2D eigenvalue weighted by Gasteiger charge is -2.52. The maximum absolute atomic E-state index is 11.0. The van der Waals surface area contributed by atoms with Crippen molar-refractivity contribution in [2.75, 3.05) is 0 Å². The number of aliphatic hydroxyl groups excluding tert-OH is 1. The van der Waals surface area contributed by atoms with Crippen molar-refractivity contribution in [2.45, 2.75) is 76.9 Å². The molecular formula is C23H33N3O. The summed E-state index contributed by atoms with van der Waals surface area (Å²) in [6.07, 6.45) is 17.2. The number of rotatable bonds is 3. The molecule has 1 aromatic heterocycles. The second-order valence-corrected chi connectivity index (χ2v) is 9.89. The summed E-state index contributed by atoms with van der Waals surface area (Å²) in [4.78, 5) is 0. The van der Waals surface area contributed by atoms with E-state index in [1.54, 1.807) is 17.1 Å². The average molecular weight is 368 g/mol. The Bertz CT molecular complexity index is 707. The molecule has 6 unspecified atom stereocenters. The van der Waals surface area contributed by atoms with Crippen LogP contribution < -0.4 is 0 Å².